The lowest BCUT2D eigenvalue weighted by atomic mass is 10.1. The quantitative estimate of drug-likeness (QED) is 0.707. The first-order chi connectivity index (χ1) is 12.4. The van der Waals surface area contributed by atoms with Crippen molar-refractivity contribution in [2.24, 2.45) is 0 Å². The molecule has 1 atom stereocenters. The maximum atomic E-state index is 13.5. The fraction of sp³-hybridized carbons (Fsp3) is 0.300. The lowest BCUT2D eigenvalue weighted by Gasteiger charge is -2.15. The summed E-state index contributed by atoms with van der Waals surface area (Å²) in [6.07, 6.45) is 0.828. The zero-order chi connectivity index (χ0) is 19.1. The van der Waals surface area contributed by atoms with Crippen molar-refractivity contribution in [2.75, 3.05) is 30.8 Å². The van der Waals surface area contributed by atoms with Crippen molar-refractivity contribution in [2.45, 2.75) is 20.3 Å². The molecular formula is C20H25FN3O2+. The number of amides is 2. The molecular weight excluding hydrogens is 333 g/mol. The lowest BCUT2D eigenvalue weighted by molar-refractivity contribution is -0.862. The smallest absolute Gasteiger partial charge is 0.279 e. The number of likely N-dealkylation sites (N-methyl/N-ethyl adjacent to an activating group) is 1. The molecule has 138 valence electrons. The SMILES string of the molecule is CCc1ccccc1NC(=O)C[NH+](C)CC(=O)Nc1ccc(C)c(F)c1. The van der Waals surface area contributed by atoms with Crippen LogP contribution in [0.2, 0.25) is 0 Å². The molecule has 0 bridgehead atoms. The number of quaternary nitrogens is 1. The second-order valence-corrected chi connectivity index (χ2v) is 6.38. The van der Waals surface area contributed by atoms with Gasteiger partial charge in [-0.15, -0.1) is 0 Å². The Hall–Kier alpha value is -2.73. The van der Waals surface area contributed by atoms with Gasteiger partial charge in [-0.25, -0.2) is 4.39 Å². The van der Waals surface area contributed by atoms with Crippen LogP contribution in [-0.2, 0) is 16.0 Å². The van der Waals surface area contributed by atoms with E-state index in [4.69, 9.17) is 0 Å². The minimum atomic E-state index is -0.363. The Kier molecular flexibility index (Phi) is 6.86. The zero-order valence-corrected chi connectivity index (χ0v) is 15.4. The summed E-state index contributed by atoms with van der Waals surface area (Å²) in [6, 6.07) is 12.2. The number of nitrogens with one attached hydrogen (secondary N) is 3. The summed E-state index contributed by atoms with van der Waals surface area (Å²) >= 11 is 0. The van der Waals surface area contributed by atoms with Crippen molar-refractivity contribution in [3.05, 3.63) is 59.4 Å². The van der Waals surface area contributed by atoms with Crippen LogP contribution in [0.4, 0.5) is 15.8 Å². The van der Waals surface area contributed by atoms with Gasteiger partial charge in [-0.1, -0.05) is 31.2 Å². The number of carbonyl (C=O) groups excluding carboxylic acids is 2. The van der Waals surface area contributed by atoms with Crippen molar-refractivity contribution in [1.82, 2.24) is 0 Å². The van der Waals surface area contributed by atoms with E-state index in [1.165, 1.54) is 6.07 Å². The number of para-hydroxylation sites is 1. The van der Waals surface area contributed by atoms with Gasteiger partial charge < -0.3 is 15.5 Å². The third-order valence-electron chi connectivity index (χ3n) is 4.05. The third kappa shape index (κ3) is 5.67. The molecule has 0 aliphatic heterocycles. The van der Waals surface area contributed by atoms with Crippen LogP contribution in [0, 0.1) is 12.7 Å². The van der Waals surface area contributed by atoms with Gasteiger partial charge in [0.2, 0.25) is 0 Å². The van der Waals surface area contributed by atoms with Gasteiger partial charge in [-0.3, -0.25) is 9.59 Å². The molecule has 0 spiro atoms. The van der Waals surface area contributed by atoms with Gasteiger partial charge in [0.1, 0.15) is 5.82 Å². The third-order valence-corrected chi connectivity index (χ3v) is 4.05. The Bertz CT molecular complexity index is 792. The number of halogens is 1. The molecule has 26 heavy (non-hydrogen) atoms. The average Bonchev–Trinajstić information content (AvgIpc) is 2.58. The van der Waals surface area contributed by atoms with E-state index < -0.39 is 0 Å². The normalized spacial score (nSPS) is 11.7. The summed E-state index contributed by atoms with van der Waals surface area (Å²) in [6.45, 7) is 3.96. The molecule has 6 heteroatoms. The summed E-state index contributed by atoms with van der Waals surface area (Å²) in [5.74, 6) is -0.789. The topological polar surface area (TPSA) is 62.6 Å². The standard InChI is InChI=1S/C20H24FN3O2/c1-4-15-7-5-6-8-18(15)23-20(26)13-24(3)12-19(25)22-16-10-9-14(2)17(21)11-16/h5-11H,4,12-13H2,1-3H3,(H,22,25)(H,23,26)/p+1. The Morgan fingerprint density at radius 2 is 1.69 bits per heavy atom. The van der Waals surface area contributed by atoms with Crippen LogP contribution in [0.3, 0.4) is 0 Å². The Morgan fingerprint density at radius 1 is 1.04 bits per heavy atom. The van der Waals surface area contributed by atoms with Gasteiger partial charge in [0.15, 0.2) is 13.1 Å². The van der Waals surface area contributed by atoms with Crippen LogP contribution in [0.25, 0.3) is 0 Å². The molecule has 0 fully saturated rings. The molecule has 5 nitrogen and oxygen atoms in total. The summed E-state index contributed by atoms with van der Waals surface area (Å²) < 4.78 is 13.5. The molecule has 0 aromatic heterocycles. The molecule has 0 aliphatic carbocycles. The highest BCUT2D eigenvalue weighted by Gasteiger charge is 2.15. The largest absolute Gasteiger partial charge is 0.322 e. The molecule has 0 aliphatic rings. The van der Waals surface area contributed by atoms with Crippen LogP contribution in [0.1, 0.15) is 18.1 Å². The number of carbonyl (C=O) groups is 2. The molecule has 2 aromatic carbocycles. The number of hydrogen-bond acceptors (Lipinski definition) is 2. The van der Waals surface area contributed by atoms with Gasteiger partial charge in [0.25, 0.3) is 11.8 Å². The summed E-state index contributed by atoms with van der Waals surface area (Å²) in [4.78, 5) is 25.0. The number of rotatable bonds is 7. The highest BCUT2D eigenvalue weighted by molar-refractivity contribution is 5.93. The van der Waals surface area contributed by atoms with E-state index >= 15 is 0 Å². The van der Waals surface area contributed by atoms with E-state index in [9.17, 15) is 14.0 Å². The summed E-state index contributed by atoms with van der Waals surface area (Å²) in [7, 11) is 1.76. The number of anilines is 2. The predicted molar refractivity (Wildman–Crippen MR) is 101 cm³/mol. The molecule has 3 N–H and O–H groups in total. The minimum Gasteiger partial charge on any atom is -0.322 e. The van der Waals surface area contributed by atoms with E-state index in [0.29, 0.717) is 11.3 Å². The van der Waals surface area contributed by atoms with Gasteiger partial charge >= 0.3 is 0 Å². The molecule has 2 rings (SSSR count). The monoisotopic (exact) mass is 358 g/mol. The van der Waals surface area contributed by atoms with Crippen molar-refractivity contribution in [3.8, 4) is 0 Å². The van der Waals surface area contributed by atoms with Crippen LogP contribution in [0.5, 0.6) is 0 Å². The Labute approximate surface area is 153 Å². The van der Waals surface area contributed by atoms with E-state index in [-0.39, 0.29) is 30.7 Å². The Balaban J connectivity index is 1.85. The fourth-order valence-electron chi connectivity index (χ4n) is 2.63. The molecule has 2 amide bonds. The summed E-state index contributed by atoms with van der Waals surface area (Å²) in [5.41, 5.74) is 2.80. The molecule has 0 radical (unpaired) electrons. The first kappa shape index (κ1) is 19.6. The van der Waals surface area contributed by atoms with Crippen molar-refractivity contribution < 1.29 is 18.9 Å². The highest BCUT2D eigenvalue weighted by atomic mass is 19.1. The Morgan fingerprint density at radius 3 is 2.35 bits per heavy atom. The van der Waals surface area contributed by atoms with E-state index in [1.807, 2.05) is 31.2 Å². The predicted octanol–water partition coefficient (Wildman–Crippen LogP) is 1.79. The second kappa shape index (κ2) is 9.10. The van der Waals surface area contributed by atoms with Crippen molar-refractivity contribution in [3.63, 3.8) is 0 Å². The van der Waals surface area contributed by atoms with Gasteiger partial charge in [0, 0.05) is 11.4 Å². The molecule has 0 heterocycles. The zero-order valence-electron chi connectivity index (χ0n) is 15.4. The summed E-state index contributed by atoms with van der Waals surface area (Å²) in [5, 5.41) is 5.54. The minimum absolute atomic E-state index is 0.109. The van der Waals surface area contributed by atoms with Crippen molar-refractivity contribution >= 4 is 23.2 Å². The molecule has 1 unspecified atom stereocenters. The number of benzene rings is 2. The van der Waals surface area contributed by atoms with E-state index in [1.54, 1.807) is 26.1 Å². The molecule has 2 aromatic rings. The number of aryl methyl sites for hydroxylation is 2. The maximum absolute atomic E-state index is 13.5. The second-order valence-electron chi connectivity index (χ2n) is 6.38. The lowest BCUT2D eigenvalue weighted by Crippen LogP contribution is -3.11. The first-order valence-electron chi connectivity index (χ1n) is 8.64. The van der Waals surface area contributed by atoms with Gasteiger partial charge in [0.05, 0.1) is 7.05 Å². The van der Waals surface area contributed by atoms with Crippen LogP contribution < -0.4 is 15.5 Å². The van der Waals surface area contributed by atoms with E-state index in [0.717, 1.165) is 22.6 Å². The average molecular weight is 358 g/mol. The van der Waals surface area contributed by atoms with Gasteiger partial charge in [-0.05, 0) is 42.7 Å². The fourth-order valence-corrected chi connectivity index (χ4v) is 2.63. The highest BCUT2D eigenvalue weighted by Crippen LogP contribution is 2.15. The van der Waals surface area contributed by atoms with Crippen LogP contribution >= 0.6 is 0 Å². The molecule has 0 saturated heterocycles. The van der Waals surface area contributed by atoms with Crippen molar-refractivity contribution in [1.29, 1.82) is 0 Å². The first-order valence-corrected chi connectivity index (χ1v) is 8.64. The molecule has 0 saturated carbocycles. The van der Waals surface area contributed by atoms with Crippen LogP contribution in [0.15, 0.2) is 42.5 Å². The van der Waals surface area contributed by atoms with E-state index in [2.05, 4.69) is 10.6 Å². The van der Waals surface area contributed by atoms with Crippen LogP contribution in [-0.4, -0.2) is 32.0 Å². The van der Waals surface area contributed by atoms with Gasteiger partial charge in [-0.2, -0.15) is 0 Å². The number of hydrogen-bond donors (Lipinski definition) is 3. The maximum Gasteiger partial charge on any atom is 0.279 e.